The summed E-state index contributed by atoms with van der Waals surface area (Å²) in [6.07, 6.45) is -0.960. The van der Waals surface area contributed by atoms with Crippen LogP contribution in [0.5, 0.6) is 0 Å². The van der Waals surface area contributed by atoms with E-state index in [0.717, 1.165) is 0 Å². The monoisotopic (exact) mass is 410 g/mol. The van der Waals surface area contributed by atoms with Crippen molar-refractivity contribution in [2.45, 2.75) is 33.0 Å². The molecular formula is C19H21F3N4O3. The fourth-order valence-corrected chi connectivity index (χ4v) is 3.11. The molecule has 1 aromatic rings. The Morgan fingerprint density at radius 2 is 2.17 bits per heavy atom. The van der Waals surface area contributed by atoms with E-state index in [2.05, 4.69) is 15.6 Å². The Morgan fingerprint density at radius 3 is 2.83 bits per heavy atom. The van der Waals surface area contributed by atoms with E-state index >= 15 is 0 Å². The Kier molecular flexibility index (Phi) is 5.81. The molecule has 0 saturated heterocycles. The molecule has 29 heavy (non-hydrogen) atoms. The van der Waals surface area contributed by atoms with Crippen molar-refractivity contribution in [3.8, 4) is 0 Å². The number of allylic oxidation sites excluding steroid dienone is 2. The fourth-order valence-electron chi connectivity index (χ4n) is 3.11. The number of anilines is 1. The van der Waals surface area contributed by atoms with Crippen LogP contribution in [0.4, 0.5) is 19.0 Å². The van der Waals surface area contributed by atoms with Gasteiger partial charge in [0, 0.05) is 29.4 Å². The van der Waals surface area contributed by atoms with Gasteiger partial charge >= 0.3 is 6.18 Å². The molecule has 2 N–H and O–H groups in total. The fraction of sp³-hybridized carbons (Fsp3) is 0.421. The Bertz CT molecular complexity index is 893. The summed E-state index contributed by atoms with van der Waals surface area (Å²) in [6, 6.07) is 1.61. The molecule has 0 radical (unpaired) electrons. The van der Waals surface area contributed by atoms with Gasteiger partial charge in [-0.1, -0.05) is 6.92 Å². The number of amides is 2. The minimum absolute atomic E-state index is 0.113. The molecule has 2 aliphatic heterocycles. The molecule has 2 aliphatic rings. The van der Waals surface area contributed by atoms with Crippen LogP contribution in [-0.2, 0) is 16.1 Å². The zero-order valence-corrected chi connectivity index (χ0v) is 16.0. The van der Waals surface area contributed by atoms with Crippen LogP contribution in [0.15, 0.2) is 35.4 Å². The van der Waals surface area contributed by atoms with Gasteiger partial charge < -0.3 is 20.3 Å². The van der Waals surface area contributed by atoms with Crippen LogP contribution in [0.2, 0.25) is 0 Å². The first-order chi connectivity index (χ1) is 13.7. The summed E-state index contributed by atoms with van der Waals surface area (Å²) in [4.78, 5) is 30.1. The number of nitrogens with one attached hydrogen (secondary N) is 2. The van der Waals surface area contributed by atoms with Crippen LogP contribution < -0.4 is 10.6 Å². The average molecular weight is 410 g/mol. The summed E-state index contributed by atoms with van der Waals surface area (Å²) >= 11 is 0. The van der Waals surface area contributed by atoms with Crippen molar-refractivity contribution in [3.05, 3.63) is 46.5 Å². The van der Waals surface area contributed by atoms with E-state index in [1.807, 2.05) is 0 Å². The maximum atomic E-state index is 12.7. The Morgan fingerprint density at radius 1 is 1.41 bits per heavy atom. The first-order valence-corrected chi connectivity index (χ1v) is 9.08. The van der Waals surface area contributed by atoms with Gasteiger partial charge in [-0.15, -0.1) is 0 Å². The lowest BCUT2D eigenvalue weighted by molar-refractivity contribution is -0.165. The number of alkyl halides is 3. The summed E-state index contributed by atoms with van der Waals surface area (Å²) in [5.74, 6) is 0.198. The van der Waals surface area contributed by atoms with Crippen LogP contribution in [0.3, 0.4) is 0 Å². The van der Waals surface area contributed by atoms with E-state index in [1.54, 1.807) is 30.9 Å². The third-order valence-electron chi connectivity index (χ3n) is 4.58. The predicted octanol–water partition coefficient (Wildman–Crippen LogP) is 2.73. The smallest absolute Gasteiger partial charge is 0.422 e. The molecular weight excluding hydrogens is 389 g/mol. The second-order valence-corrected chi connectivity index (χ2v) is 6.78. The standard InChI is InChI=1S/C19H21F3N4O3/c1-3-16(27)25-17-14-9-26(18(28)13(14)4-5-23-17)8-12-6-11(2)15(7-24-12)29-10-19(20,21)22/h4-6,24H,3,7-10H2,1-2H3,(H,23,25,27). The summed E-state index contributed by atoms with van der Waals surface area (Å²) in [6.45, 7) is 2.68. The highest BCUT2D eigenvalue weighted by atomic mass is 19.4. The van der Waals surface area contributed by atoms with Gasteiger partial charge in [-0.05, 0) is 24.6 Å². The summed E-state index contributed by atoms with van der Waals surface area (Å²) < 4.78 is 41.8. The summed E-state index contributed by atoms with van der Waals surface area (Å²) in [7, 11) is 0. The van der Waals surface area contributed by atoms with E-state index in [9.17, 15) is 22.8 Å². The Hall–Kier alpha value is -3.04. The van der Waals surface area contributed by atoms with Crippen molar-refractivity contribution in [2.75, 3.05) is 25.0 Å². The number of aromatic nitrogens is 1. The molecule has 3 heterocycles. The van der Waals surface area contributed by atoms with Gasteiger partial charge in [0.1, 0.15) is 11.6 Å². The number of pyridine rings is 1. The molecule has 0 atom stereocenters. The minimum Gasteiger partial charge on any atom is -0.486 e. The highest BCUT2D eigenvalue weighted by molar-refractivity contribution is 6.01. The van der Waals surface area contributed by atoms with Gasteiger partial charge in [-0.25, -0.2) is 4.98 Å². The first kappa shape index (κ1) is 20.7. The van der Waals surface area contributed by atoms with E-state index in [4.69, 9.17) is 4.74 Å². The van der Waals surface area contributed by atoms with Crippen molar-refractivity contribution in [1.29, 1.82) is 0 Å². The number of dihydropyridines is 1. The second-order valence-electron chi connectivity index (χ2n) is 6.78. The molecule has 0 bridgehead atoms. The van der Waals surface area contributed by atoms with E-state index in [0.29, 0.717) is 34.6 Å². The van der Waals surface area contributed by atoms with Crippen LogP contribution >= 0.6 is 0 Å². The molecule has 0 aliphatic carbocycles. The minimum atomic E-state index is -4.40. The maximum absolute atomic E-state index is 12.7. The molecule has 0 saturated carbocycles. The van der Waals surface area contributed by atoms with Gasteiger partial charge in [-0.2, -0.15) is 13.2 Å². The van der Waals surface area contributed by atoms with Crippen LogP contribution in [-0.4, -0.2) is 47.6 Å². The number of hydrogen-bond acceptors (Lipinski definition) is 5. The van der Waals surface area contributed by atoms with Crippen LogP contribution in [0.1, 0.15) is 36.2 Å². The van der Waals surface area contributed by atoms with Crippen LogP contribution in [0.25, 0.3) is 0 Å². The molecule has 3 rings (SSSR count). The third kappa shape index (κ3) is 4.87. The normalized spacial score (nSPS) is 16.4. The third-order valence-corrected chi connectivity index (χ3v) is 4.58. The number of ether oxygens (including phenoxy) is 1. The van der Waals surface area contributed by atoms with Gasteiger partial charge in [0.05, 0.1) is 19.6 Å². The summed E-state index contributed by atoms with van der Waals surface area (Å²) in [5, 5.41) is 5.70. The SMILES string of the molecule is CCC(=O)Nc1nccc2c1CN(CC1=CC(C)=C(OCC(F)(F)F)CN1)C2=O. The number of carbonyl (C=O) groups is 2. The van der Waals surface area contributed by atoms with Gasteiger partial charge in [-0.3, -0.25) is 9.59 Å². The van der Waals surface area contributed by atoms with Crippen molar-refractivity contribution < 1.29 is 27.5 Å². The van der Waals surface area contributed by atoms with E-state index < -0.39 is 12.8 Å². The molecule has 1 aromatic heterocycles. The number of nitrogens with zero attached hydrogens (tertiary/aromatic N) is 2. The lowest BCUT2D eigenvalue weighted by atomic mass is 10.1. The lowest BCUT2D eigenvalue weighted by Crippen LogP contribution is -2.34. The number of fused-ring (bicyclic) bond motifs is 1. The number of carbonyl (C=O) groups excluding carboxylic acids is 2. The van der Waals surface area contributed by atoms with E-state index in [1.165, 1.54) is 6.20 Å². The molecule has 156 valence electrons. The highest BCUT2D eigenvalue weighted by Crippen LogP contribution is 2.29. The molecule has 2 amide bonds. The molecule has 0 fully saturated rings. The number of rotatable bonds is 6. The average Bonchev–Trinajstić information content (AvgIpc) is 2.97. The predicted molar refractivity (Wildman–Crippen MR) is 98.7 cm³/mol. The summed E-state index contributed by atoms with van der Waals surface area (Å²) in [5.41, 5.74) is 2.39. The largest absolute Gasteiger partial charge is 0.486 e. The first-order valence-electron chi connectivity index (χ1n) is 9.08. The zero-order valence-electron chi connectivity index (χ0n) is 16.0. The molecule has 7 nitrogen and oxygen atoms in total. The Balaban J connectivity index is 1.70. The lowest BCUT2D eigenvalue weighted by Gasteiger charge is -2.24. The van der Waals surface area contributed by atoms with Gasteiger partial charge in [0.15, 0.2) is 6.61 Å². The number of halogens is 3. The van der Waals surface area contributed by atoms with Crippen molar-refractivity contribution in [2.24, 2.45) is 0 Å². The highest BCUT2D eigenvalue weighted by Gasteiger charge is 2.32. The quantitative estimate of drug-likeness (QED) is 0.754. The van der Waals surface area contributed by atoms with Gasteiger partial charge in [0.2, 0.25) is 5.91 Å². The zero-order chi connectivity index (χ0) is 21.2. The topological polar surface area (TPSA) is 83.6 Å². The molecule has 10 heteroatoms. The van der Waals surface area contributed by atoms with Gasteiger partial charge in [0.25, 0.3) is 5.91 Å². The maximum Gasteiger partial charge on any atom is 0.422 e. The van der Waals surface area contributed by atoms with Crippen molar-refractivity contribution in [1.82, 2.24) is 15.2 Å². The number of hydrogen-bond donors (Lipinski definition) is 2. The van der Waals surface area contributed by atoms with Crippen molar-refractivity contribution >= 4 is 17.6 Å². The van der Waals surface area contributed by atoms with E-state index in [-0.39, 0.29) is 37.2 Å². The molecule has 0 unspecified atom stereocenters. The van der Waals surface area contributed by atoms with Crippen molar-refractivity contribution in [3.63, 3.8) is 0 Å². The molecule has 0 spiro atoms. The van der Waals surface area contributed by atoms with Crippen LogP contribution in [0, 0.1) is 0 Å². The Labute approximate surface area is 165 Å². The second kappa shape index (κ2) is 8.14. The molecule has 0 aromatic carbocycles.